The maximum Gasteiger partial charge on any atom is 0.130 e. The first-order valence-electron chi connectivity index (χ1n) is 10.0. The average Bonchev–Trinajstić information content (AvgIpc) is 3.19. The highest BCUT2D eigenvalue weighted by atomic mass is 19.1. The first kappa shape index (κ1) is 19.0. The molecular weight excluding hydrogens is 389 g/mol. The third-order valence-corrected chi connectivity index (χ3v) is 5.26. The molecule has 5 rings (SSSR count). The predicted molar refractivity (Wildman–Crippen MR) is 120 cm³/mol. The van der Waals surface area contributed by atoms with Crippen LogP contribution in [0.1, 0.15) is 5.69 Å². The second-order valence-corrected chi connectivity index (χ2v) is 7.35. The summed E-state index contributed by atoms with van der Waals surface area (Å²) in [5, 5.41) is 5.51. The summed E-state index contributed by atoms with van der Waals surface area (Å²) in [6.07, 6.45) is 1.80. The van der Waals surface area contributed by atoms with Crippen molar-refractivity contribution < 1.29 is 9.13 Å². The molecule has 0 aliphatic rings. The number of hydrogen-bond acceptors (Lipinski definition) is 3. The summed E-state index contributed by atoms with van der Waals surface area (Å²) >= 11 is 0. The number of fused-ring (bicyclic) bond motifs is 1. The van der Waals surface area contributed by atoms with Gasteiger partial charge in [0.25, 0.3) is 0 Å². The van der Waals surface area contributed by atoms with E-state index in [1.165, 1.54) is 12.1 Å². The number of aromatic nitrogens is 3. The Bertz CT molecular complexity index is 1340. The summed E-state index contributed by atoms with van der Waals surface area (Å²) in [5.41, 5.74) is 5.70. The van der Waals surface area contributed by atoms with Crippen LogP contribution in [0.5, 0.6) is 5.75 Å². The van der Waals surface area contributed by atoms with Crippen LogP contribution in [0.15, 0.2) is 91.1 Å². The van der Waals surface area contributed by atoms with Crippen molar-refractivity contribution in [2.24, 2.45) is 7.05 Å². The zero-order valence-electron chi connectivity index (χ0n) is 17.0. The van der Waals surface area contributed by atoms with Gasteiger partial charge >= 0.3 is 0 Å². The normalized spacial score (nSPS) is 11.0. The molecule has 152 valence electrons. The van der Waals surface area contributed by atoms with E-state index in [1.54, 1.807) is 18.3 Å². The fourth-order valence-electron chi connectivity index (χ4n) is 3.68. The number of benzene rings is 3. The molecule has 0 aliphatic heterocycles. The van der Waals surface area contributed by atoms with Gasteiger partial charge in [-0.25, -0.2) is 9.37 Å². The van der Waals surface area contributed by atoms with Crippen LogP contribution in [0, 0.1) is 5.82 Å². The van der Waals surface area contributed by atoms with Crippen molar-refractivity contribution in [1.29, 1.82) is 0 Å². The molecule has 0 saturated heterocycles. The third kappa shape index (κ3) is 3.90. The first-order valence-corrected chi connectivity index (χ1v) is 10.0. The van der Waals surface area contributed by atoms with Crippen molar-refractivity contribution in [3.8, 4) is 28.1 Å². The van der Waals surface area contributed by atoms with E-state index in [2.05, 4.69) is 16.1 Å². The van der Waals surface area contributed by atoms with Gasteiger partial charge in [-0.2, -0.15) is 5.10 Å². The molecule has 0 spiro atoms. The fourth-order valence-corrected chi connectivity index (χ4v) is 3.68. The van der Waals surface area contributed by atoms with Gasteiger partial charge in [-0.05, 0) is 54.1 Å². The summed E-state index contributed by atoms with van der Waals surface area (Å²) in [6, 6.07) is 26.4. The smallest absolute Gasteiger partial charge is 0.130 e. The second-order valence-electron chi connectivity index (χ2n) is 7.35. The number of para-hydroxylation sites is 1. The summed E-state index contributed by atoms with van der Waals surface area (Å²) in [6.45, 7) is 0.400. The quantitative estimate of drug-likeness (QED) is 0.356. The molecule has 31 heavy (non-hydrogen) atoms. The van der Waals surface area contributed by atoms with Crippen molar-refractivity contribution in [2.45, 2.75) is 6.61 Å². The minimum absolute atomic E-state index is 0.253. The van der Waals surface area contributed by atoms with E-state index in [0.717, 1.165) is 44.7 Å². The standard InChI is InChI=1S/C26H20FN3O/c1-30-26(24(16-28-30)18-6-11-21(27)12-7-18)20-9-14-23(15-10-20)31-17-22-13-8-19-4-2-3-5-25(19)29-22/h2-16H,17H2,1H3. The van der Waals surface area contributed by atoms with Crippen LogP contribution in [0.4, 0.5) is 4.39 Å². The van der Waals surface area contributed by atoms with E-state index in [-0.39, 0.29) is 5.82 Å². The van der Waals surface area contributed by atoms with E-state index in [1.807, 2.05) is 66.3 Å². The Labute approximate surface area is 179 Å². The zero-order chi connectivity index (χ0) is 21.2. The minimum Gasteiger partial charge on any atom is -0.487 e. The SMILES string of the molecule is Cn1ncc(-c2ccc(F)cc2)c1-c1ccc(OCc2ccc3ccccc3n2)cc1. The van der Waals surface area contributed by atoms with E-state index in [0.29, 0.717) is 6.61 Å². The molecule has 0 fully saturated rings. The van der Waals surface area contributed by atoms with Crippen LogP contribution in [-0.2, 0) is 13.7 Å². The van der Waals surface area contributed by atoms with Crippen LogP contribution in [0.3, 0.4) is 0 Å². The lowest BCUT2D eigenvalue weighted by molar-refractivity contribution is 0.302. The van der Waals surface area contributed by atoms with Crippen molar-refractivity contribution in [3.63, 3.8) is 0 Å². The third-order valence-electron chi connectivity index (χ3n) is 5.26. The summed E-state index contributed by atoms with van der Waals surface area (Å²) in [7, 11) is 1.90. The number of nitrogens with zero attached hydrogens (tertiary/aromatic N) is 3. The molecule has 0 aliphatic carbocycles. The summed E-state index contributed by atoms with van der Waals surface area (Å²) < 4.78 is 21.1. The highest BCUT2D eigenvalue weighted by Crippen LogP contribution is 2.32. The summed E-state index contributed by atoms with van der Waals surface area (Å²) in [4.78, 5) is 4.65. The summed E-state index contributed by atoms with van der Waals surface area (Å²) in [5.74, 6) is 0.515. The van der Waals surface area contributed by atoms with Gasteiger partial charge in [0.15, 0.2) is 0 Å². The average molecular weight is 409 g/mol. The van der Waals surface area contributed by atoms with Crippen molar-refractivity contribution >= 4 is 10.9 Å². The number of halogens is 1. The van der Waals surface area contributed by atoms with Crippen LogP contribution in [-0.4, -0.2) is 14.8 Å². The first-order chi connectivity index (χ1) is 15.2. The number of ether oxygens (including phenoxy) is 1. The van der Waals surface area contributed by atoms with Gasteiger partial charge in [0.1, 0.15) is 18.2 Å². The number of hydrogen-bond donors (Lipinski definition) is 0. The molecule has 0 amide bonds. The molecule has 0 atom stereocenters. The molecule has 2 heterocycles. The van der Waals surface area contributed by atoms with E-state index in [4.69, 9.17) is 4.74 Å². The maximum atomic E-state index is 13.3. The Hall–Kier alpha value is -3.99. The van der Waals surface area contributed by atoms with E-state index in [9.17, 15) is 4.39 Å². The topological polar surface area (TPSA) is 39.9 Å². The lowest BCUT2D eigenvalue weighted by Gasteiger charge is -2.10. The largest absolute Gasteiger partial charge is 0.487 e. The maximum absolute atomic E-state index is 13.3. The number of rotatable bonds is 5. The highest BCUT2D eigenvalue weighted by molar-refractivity contribution is 5.81. The number of aryl methyl sites for hydroxylation is 1. The van der Waals surface area contributed by atoms with Gasteiger partial charge < -0.3 is 4.74 Å². The van der Waals surface area contributed by atoms with E-state index < -0.39 is 0 Å². The molecule has 4 nitrogen and oxygen atoms in total. The minimum atomic E-state index is -0.253. The Morgan fingerprint density at radius 3 is 2.39 bits per heavy atom. The lowest BCUT2D eigenvalue weighted by Crippen LogP contribution is -1.99. The second kappa shape index (κ2) is 8.03. The highest BCUT2D eigenvalue weighted by Gasteiger charge is 2.13. The fraction of sp³-hybridized carbons (Fsp3) is 0.0769. The molecule has 5 aromatic rings. The Kier molecular flexibility index (Phi) is 4.92. The Morgan fingerprint density at radius 2 is 1.58 bits per heavy atom. The van der Waals surface area contributed by atoms with Crippen LogP contribution >= 0.6 is 0 Å². The van der Waals surface area contributed by atoms with E-state index >= 15 is 0 Å². The van der Waals surface area contributed by atoms with Crippen molar-refractivity contribution in [3.05, 3.63) is 103 Å². The van der Waals surface area contributed by atoms with Gasteiger partial charge in [0.05, 0.1) is 23.1 Å². The molecule has 0 unspecified atom stereocenters. The molecule has 0 radical (unpaired) electrons. The van der Waals surface area contributed by atoms with Gasteiger partial charge in [0.2, 0.25) is 0 Å². The van der Waals surface area contributed by atoms with Crippen LogP contribution < -0.4 is 4.74 Å². The molecule has 2 aromatic heterocycles. The Balaban J connectivity index is 1.35. The van der Waals surface area contributed by atoms with Gasteiger partial charge in [-0.15, -0.1) is 0 Å². The molecule has 0 bridgehead atoms. The zero-order valence-corrected chi connectivity index (χ0v) is 17.0. The van der Waals surface area contributed by atoms with Crippen LogP contribution in [0.2, 0.25) is 0 Å². The van der Waals surface area contributed by atoms with Crippen molar-refractivity contribution in [2.75, 3.05) is 0 Å². The molecule has 0 N–H and O–H groups in total. The number of pyridine rings is 1. The predicted octanol–water partition coefficient (Wildman–Crippen LogP) is 6.02. The van der Waals surface area contributed by atoms with Crippen molar-refractivity contribution in [1.82, 2.24) is 14.8 Å². The molecule has 0 saturated carbocycles. The van der Waals surface area contributed by atoms with Crippen LogP contribution in [0.25, 0.3) is 33.3 Å². The monoisotopic (exact) mass is 409 g/mol. The molecule has 5 heteroatoms. The Morgan fingerprint density at radius 1 is 0.839 bits per heavy atom. The van der Waals surface area contributed by atoms with Gasteiger partial charge in [-0.3, -0.25) is 4.68 Å². The van der Waals surface area contributed by atoms with Gasteiger partial charge in [0, 0.05) is 23.6 Å². The molecular formula is C26H20FN3O. The molecule has 3 aromatic carbocycles. The van der Waals surface area contributed by atoms with Gasteiger partial charge in [-0.1, -0.05) is 36.4 Å². The lowest BCUT2D eigenvalue weighted by atomic mass is 10.0.